The van der Waals surface area contributed by atoms with E-state index >= 15 is 0 Å². The largest absolute Gasteiger partial charge is 0.339 e. The third-order valence-electron chi connectivity index (χ3n) is 3.45. The Hall–Kier alpha value is -0.390. The number of rotatable bonds is 3. The van der Waals surface area contributed by atoms with Crippen LogP contribution in [-0.2, 0) is 4.79 Å². The molecule has 96 valence electrons. The van der Waals surface area contributed by atoms with Gasteiger partial charge in [0, 0.05) is 37.2 Å². The summed E-state index contributed by atoms with van der Waals surface area (Å²) in [5.41, 5.74) is 0. The van der Waals surface area contributed by atoms with Crippen molar-refractivity contribution in [3.05, 3.63) is 11.1 Å². The van der Waals surface area contributed by atoms with E-state index in [1.54, 1.807) is 0 Å². The summed E-state index contributed by atoms with van der Waals surface area (Å²) >= 11 is 3.39. The van der Waals surface area contributed by atoms with Gasteiger partial charge in [-0.05, 0) is 19.4 Å². The lowest BCUT2D eigenvalue weighted by molar-refractivity contribution is -0.136. The molecule has 2 rings (SSSR count). The molecule has 1 N–H and O–H groups in total. The van der Waals surface area contributed by atoms with Crippen molar-refractivity contribution in [3.8, 4) is 0 Å². The van der Waals surface area contributed by atoms with Crippen LogP contribution in [0.25, 0.3) is 0 Å². The van der Waals surface area contributed by atoms with Crippen molar-refractivity contribution in [1.82, 2.24) is 15.1 Å². The fraction of sp³-hybridized carbons (Fsp3) is 0.750. The Morgan fingerprint density at radius 2 is 2.06 bits per heavy atom. The Morgan fingerprint density at radius 3 is 2.71 bits per heavy atom. The number of likely N-dealkylation sites (tertiary alicyclic amines) is 1. The molecule has 0 bridgehead atoms. The third kappa shape index (κ3) is 3.30. The highest BCUT2D eigenvalue weighted by Crippen LogP contribution is 2.21. The predicted octanol–water partition coefficient (Wildman–Crippen LogP) is 0.791. The maximum atomic E-state index is 12.4. The SMILES string of the molecule is C=C(Br)CN1CCCC1C(=O)N1CCNCC1. The van der Waals surface area contributed by atoms with Gasteiger partial charge in [-0.2, -0.15) is 0 Å². The fourth-order valence-corrected chi connectivity index (χ4v) is 2.93. The van der Waals surface area contributed by atoms with Gasteiger partial charge in [0.2, 0.25) is 5.91 Å². The first-order valence-corrected chi connectivity index (χ1v) is 7.04. The van der Waals surface area contributed by atoms with E-state index in [0.29, 0.717) is 5.91 Å². The van der Waals surface area contributed by atoms with Crippen molar-refractivity contribution in [2.24, 2.45) is 0 Å². The summed E-state index contributed by atoms with van der Waals surface area (Å²) in [4.78, 5) is 16.6. The van der Waals surface area contributed by atoms with Gasteiger partial charge in [0.25, 0.3) is 0 Å². The lowest BCUT2D eigenvalue weighted by atomic mass is 10.1. The third-order valence-corrected chi connectivity index (χ3v) is 3.70. The number of halogens is 1. The van der Waals surface area contributed by atoms with E-state index < -0.39 is 0 Å². The monoisotopic (exact) mass is 301 g/mol. The van der Waals surface area contributed by atoms with Gasteiger partial charge < -0.3 is 10.2 Å². The number of piperazine rings is 1. The fourth-order valence-electron chi connectivity index (χ4n) is 2.61. The minimum atomic E-state index is 0.0717. The molecule has 0 aromatic carbocycles. The highest BCUT2D eigenvalue weighted by atomic mass is 79.9. The summed E-state index contributed by atoms with van der Waals surface area (Å²) in [5, 5.41) is 3.27. The van der Waals surface area contributed by atoms with Crippen LogP contribution in [0.4, 0.5) is 0 Å². The number of hydrogen-bond acceptors (Lipinski definition) is 3. The summed E-state index contributed by atoms with van der Waals surface area (Å²) in [5.74, 6) is 0.303. The van der Waals surface area contributed by atoms with Crippen LogP contribution in [0.3, 0.4) is 0 Å². The first-order valence-electron chi connectivity index (χ1n) is 6.25. The molecule has 17 heavy (non-hydrogen) atoms. The van der Waals surface area contributed by atoms with E-state index in [-0.39, 0.29) is 6.04 Å². The van der Waals surface area contributed by atoms with E-state index in [1.165, 1.54) is 0 Å². The van der Waals surface area contributed by atoms with E-state index in [0.717, 1.165) is 56.6 Å². The molecule has 1 atom stereocenters. The summed E-state index contributed by atoms with van der Waals surface area (Å²) < 4.78 is 0.956. The van der Waals surface area contributed by atoms with Crippen LogP contribution in [0.2, 0.25) is 0 Å². The highest BCUT2D eigenvalue weighted by molar-refractivity contribution is 9.11. The lowest BCUT2D eigenvalue weighted by Crippen LogP contribution is -2.52. The highest BCUT2D eigenvalue weighted by Gasteiger charge is 2.33. The van der Waals surface area contributed by atoms with Crippen molar-refractivity contribution in [2.45, 2.75) is 18.9 Å². The van der Waals surface area contributed by atoms with Crippen molar-refractivity contribution in [3.63, 3.8) is 0 Å². The van der Waals surface area contributed by atoms with Crippen LogP contribution < -0.4 is 5.32 Å². The van der Waals surface area contributed by atoms with Crippen LogP contribution in [0.15, 0.2) is 11.1 Å². The van der Waals surface area contributed by atoms with Gasteiger partial charge in [-0.15, -0.1) is 0 Å². The zero-order chi connectivity index (χ0) is 12.3. The molecule has 2 aliphatic rings. The van der Waals surface area contributed by atoms with Gasteiger partial charge in [0.1, 0.15) is 0 Å². The zero-order valence-corrected chi connectivity index (χ0v) is 11.7. The molecule has 0 aromatic heterocycles. The molecule has 0 saturated carbocycles. The summed E-state index contributed by atoms with van der Waals surface area (Å²) in [7, 11) is 0. The van der Waals surface area contributed by atoms with E-state index in [2.05, 4.69) is 32.7 Å². The average molecular weight is 302 g/mol. The predicted molar refractivity (Wildman–Crippen MR) is 72.1 cm³/mol. The van der Waals surface area contributed by atoms with Gasteiger partial charge in [0.15, 0.2) is 0 Å². The second-order valence-electron chi connectivity index (χ2n) is 4.72. The topological polar surface area (TPSA) is 35.6 Å². The van der Waals surface area contributed by atoms with Crippen molar-refractivity contribution >= 4 is 21.8 Å². The molecule has 2 fully saturated rings. The second-order valence-corrected chi connectivity index (χ2v) is 5.84. The maximum Gasteiger partial charge on any atom is 0.240 e. The summed E-state index contributed by atoms with van der Waals surface area (Å²) in [6, 6.07) is 0.0717. The van der Waals surface area contributed by atoms with Crippen LogP contribution in [0.5, 0.6) is 0 Å². The molecule has 2 heterocycles. The second kappa shape index (κ2) is 5.98. The van der Waals surface area contributed by atoms with E-state index in [9.17, 15) is 4.79 Å². The maximum absolute atomic E-state index is 12.4. The van der Waals surface area contributed by atoms with E-state index in [1.807, 2.05) is 4.90 Å². The zero-order valence-electron chi connectivity index (χ0n) is 10.1. The molecular formula is C12H20BrN3O. The average Bonchev–Trinajstić information content (AvgIpc) is 2.76. The number of carbonyl (C=O) groups excluding carboxylic acids is 1. The number of amides is 1. The number of carbonyl (C=O) groups is 1. The first kappa shape index (κ1) is 13.1. The minimum Gasteiger partial charge on any atom is -0.339 e. The van der Waals surface area contributed by atoms with E-state index in [4.69, 9.17) is 0 Å². The first-order chi connectivity index (χ1) is 8.18. The molecule has 1 amide bonds. The smallest absolute Gasteiger partial charge is 0.240 e. The Labute approximate surface area is 111 Å². The quantitative estimate of drug-likeness (QED) is 0.837. The molecule has 1 unspecified atom stereocenters. The van der Waals surface area contributed by atoms with Crippen LogP contribution in [-0.4, -0.2) is 61.0 Å². The minimum absolute atomic E-state index is 0.0717. The summed E-state index contributed by atoms with van der Waals surface area (Å²) in [6.45, 7) is 9.18. The van der Waals surface area contributed by atoms with Crippen LogP contribution >= 0.6 is 15.9 Å². The Kier molecular flexibility index (Phi) is 4.59. The molecule has 4 nitrogen and oxygen atoms in total. The van der Waals surface area contributed by atoms with Gasteiger partial charge >= 0.3 is 0 Å². The lowest BCUT2D eigenvalue weighted by Gasteiger charge is -2.32. The van der Waals surface area contributed by atoms with Crippen molar-refractivity contribution in [2.75, 3.05) is 39.3 Å². The van der Waals surface area contributed by atoms with Gasteiger partial charge in [-0.3, -0.25) is 9.69 Å². The summed E-state index contributed by atoms with van der Waals surface area (Å²) in [6.07, 6.45) is 2.10. The molecule has 0 aliphatic carbocycles. The normalized spacial score (nSPS) is 26.2. The Morgan fingerprint density at radius 1 is 1.35 bits per heavy atom. The van der Waals surface area contributed by atoms with Gasteiger partial charge in [0.05, 0.1) is 6.04 Å². The van der Waals surface area contributed by atoms with Crippen LogP contribution in [0.1, 0.15) is 12.8 Å². The molecule has 0 aromatic rings. The van der Waals surface area contributed by atoms with Crippen LogP contribution in [0, 0.1) is 0 Å². The van der Waals surface area contributed by atoms with Crippen molar-refractivity contribution < 1.29 is 4.79 Å². The number of hydrogen-bond donors (Lipinski definition) is 1. The number of nitrogens with zero attached hydrogens (tertiary/aromatic N) is 2. The molecule has 5 heteroatoms. The Balaban J connectivity index is 1.94. The van der Waals surface area contributed by atoms with Crippen molar-refractivity contribution in [1.29, 1.82) is 0 Å². The number of nitrogens with one attached hydrogen (secondary N) is 1. The standard InChI is InChI=1S/C12H20BrN3O/c1-10(13)9-16-6-2-3-11(16)12(17)15-7-4-14-5-8-15/h11,14H,1-9H2. The molecule has 2 aliphatic heterocycles. The molecule has 0 radical (unpaired) electrons. The van der Waals surface area contributed by atoms with Gasteiger partial charge in [-0.25, -0.2) is 0 Å². The molecule has 2 saturated heterocycles. The Bertz CT molecular complexity index is 302. The molecular weight excluding hydrogens is 282 g/mol. The van der Waals surface area contributed by atoms with Gasteiger partial charge in [-0.1, -0.05) is 22.5 Å². The molecule has 0 spiro atoms.